The third-order valence-electron chi connectivity index (χ3n) is 0. The van der Waals surface area contributed by atoms with E-state index in [0.29, 0.717) is 0 Å². The summed E-state index contributed by atoms with van der Waals surface area (Å²) in [7, 11) is 0. The van der Waals surface area contributed by atoms with Crippen LogP contribution in [0.3, 0.4) is 0 Å². The molecular formula is C8H12N4Zr. The largest absolute Gasteiger partial charge is 0.199 e. The van der Waals surface area contributed by atoms with Crippen LogP contribution >= 0.6 is 0 Å². The molecule has 0 aliphatic carbocycles. The summed E-state index contributed by atoms with van der Waals surface area (Å²) in [5.41, 5.74) is 0. The van der Waals surface area contributed by atoms with Crippen LogP contribution in [-0.4, -0.2) is 0 Å². The molecule has 0 aliphatic heterocycles. The Kier molecular flexibility index (Phi) is 297. The molecule has 0 aromatic heterocycles. The summed E-state index contributed by atoms with van der Waals surface area (Å²) in [6.07, 6.45) is 0. The van der Waals surface area contributed by atoms with Gasteiger partial charge in [-0.25, -0.2) is 0 Å². The molecule has 0 fully saturated rings. The first kappa shape index (κ1) is 29.7. The van der Waals surface area contributed by atoms with E-state index < -0.39 is 0 Å². The third kappa shape index (κ3) is 634. The standard InChI is InChI=1S/4C2H3N.Zr/c4*1-2-3;/h4*1H3;. The fourth-order valence-corrected chi connectivity index (χ4v) is 0. The Bertz CT molecular complexity index is 150. The molecule has 0 atom stereocenters. The minimum atomic E-state index is 0. The van der Waals surface area contributed by atoms with E-state index in [0.717, 1.165) is 0 Å². The van der Waals surface area contributed by atoms with Crippen molar-refractivity contribution < 1.29 is 26.2 Å². The molecule has 0 bridgehead atoms. The van der Waals surface area contributed by atoms with Crippen molar-refractivity contribution in [3.63, 3.8) is 0 Å². The second-order valence-electron chi connectivity index (χ2n) is 0.894. The summed E-state index contributed by atoms with van der Waals surface area (Å²) in [6, 6.07) is 7.00. The summed E-state index contributed by atoms with van der Waals surface area (Å²) in [5.74, 6) is 0. The monoisotopic (exact) mass is 254 g/mol. The Morgan fingerprint density at radius 1 is 0.538 bits per heavy atom. The van der Waals surface area contributed by atoms with Gasteiger partial charge >= 0.3 is 0 Å². The van der Waals surface area contributed by atoms with Crippen LogP contribution in [0.1, 0.15) is 27.7 Å². The van der Waals surface area contributed by atoms with E-state index in [1.54, 1.807) is 24.3 Å². The maximum absolute atomic E-state index is 7.32. The fraction of sp³-hybridized carbons (Fsp3) is 0.500. The maximum atomic E-state index is 7.32. The van der Waals surface area contributed by atoms with E-state index in [1.807, 2.05) is 0 Å². The first-order valence-electron chi connectivity index (χ1n) is 2.89. The predicted octanol–water partition coefficient (Wildman–Crippen LogP) is 2.12. The molecule has 0 saturated heterocycles. The Balaban J connectivity index is -0.0000000213. The molecule has 0 radical (unpaired) electrons. The number of hydrogen-bond acceptors (Lipinski definition) is 4. The summed E-state index contributed by atoms with van der Waals surface area (Å²) in [5, 5.41) is 29.3. The van der Waals surface area contributed by atoms with Gasteiger partial charge in [-0.15, -0.1) is 0 Å². The molecule has 0 heterocycles. The zero-order chi connectivity index (χ0) is 10.8. The van der Waals surface area contributed by atoms with Crippen molar-refractivity contribution in [3.8, 4) is 24.3 Å². The van der Waals surface area contributed by atoms with Gasteiger partial charge in [-0.3, -0.25) is 0 Å². The molecule has 5 heteroatoms. The van der Waals surface area contributed by atoms with Crippen LogP contribution in [0, 0.1) is 45.3 Å². The summed E-state index contributed by atoms with van der Waals surface area (Å²) < 4.78 is 0. The molecule has 0 N–H and O–H groups in total. The van der Waals surface area contributed by atoms with Crippen molar-refractivity contribution in [3.05, 3.63) is 0 Å². The van der Waals surface area contributed by atoms with Crippen LogP contribution in [0.4, 0.5) is 0 Å². The molecule has 0 spiro atoms. The average molecular weight is 255 g/mol. The quantitative estimate of drug-likeness (QED) is 0.662. The van der Waals surface area contributed by atoms with E-state index in [4.69, 9.17) is 21.0 Å². The summed E-state index contributed by atoms with van der Waals surface area (Å²) in [6.45, 7) is 5.72. The molecule has 4 nitrogen and oxygen atoms in total. The van der Waals surface area contributed by atoms with Crippen LogP contribution in [0.25, 0.3) is 0 Å². The SMILES string of the molecule is CC#N.CC#N.CC#N.CC#N.[Zr]. The first-order valence-corrected chi connectivity index (χ1v) is 2.89. The normalized spacial score (nSPS) is 2.46. The van der Waals surface area contributed by atoms with Gasteiger partial charge in [0.15, 0.2) is 0 Å². The van der Waals surface area contributed by atoms with Gasteiger partial charge < -0.3 is 0 Å². The maximum Gasteiger partial charge on any atom is 0.0587 e. The van der Waals surface area contributed by atoms with E-state index in [9.17, 15) is 0 Å². The van der Waals surface area contributed by atoms with Crippen molar-refractivity contribution >= 4 is 0 Å². The van der Waals surface area contributed by atoms with Gasteiger partial charge in [0.25, 0.3) is 0 Å². The van der Waals surface area contributed by atoms with Gasteiger partial charge in [0, 0.05) is 53.9 Å². The van der Waals surface area contributed by atoms with E-state index >= 15 is 0 Å². The van der Waals surface area contributed by atoms with Gasteiger partial charge in [0.05, 0.1) is 24.3 Å². The van der Waals surface area contributed by atoms with E-state index in [1.165, 1.54) is 27.7 Å². The Hall–Kier alpha value is -1.16. The number of nitriles is 4. The Labute approximate surface area is 99.1 Å². The molecule has 0 amide bonds. The summed E-state index contributed by atoms with van der Waals surface area (Å²) >= 11 is 0. The molecule has 13 heavy (non-hydrogen) atoms. The first-order chi connectivity index (χ1) is 5.66. The zero-order valence-electron chi connectivity index (χ0n) is 8.29. The number of rotatable bonds is 0. The van der Waals surface area contributed by atoms with E-state index in [2.05, 4.69) is 0 Å². The van der Waals surface area contributed by atoms with Crippen LogP contribution in [-0.2, 0) is 26.2 Å². The van der Waals surface area contributed by atoms with Crippen LogP contribution < -0.4 is 0 Å². The van der Waals surface area contributed by atoms with Gasteiger partial charge in [-0.1, -0.05) is 0 Å². The van der Waals surface area contributed by atoms with Crippen molar-refractivity contribution in [2.24, 2.45) is 0 Å². The molecule has 0 unspecified atom stereocenters. The van der Waals surface area contributed by atoms with Gasteiger partial charge in [0.1, 0.15) is 0 Å². The second-order valence-corrected chi connectivity index (χ2v) is 0.894. The van der Waals surface area contributed by atoms with Crippen LogP contribution in [0.5, 0.6) is 0 Å². The molecule has 0 rings (SSSR count). The van der Waals surface area contributed by atoms with Crippen molar-refractivity contribution in [1.82, 2.24) is 0 Å². The zero-order valence-corrected chi connectivity index (χ0v) is 10.7. The number of hydrogen-bond donors (Lipinski definition) is 0. The molecule has 0 aromatic rings. The van der Waals surface area contributed by atoms with Crippen LogP contribution in [0.15, 0.2) is 0 Å². The number of nitrogens with zero attached hydrogens (tertiary/aromatic N) is 4. The third-order valence-corrected chi connectivity index (χ3v) is 0. The van der Waals surface area contributed by atoms with Crippen LogP contribution in [0.2, 0.25) is 0 Å². The van der Waals surface area contributed by atoms with Crippen molar-refractivity contribution in [2.75, 3.05) is 0 Å². The predicted molar refractivity (Wildman–Crippen MR) is 45.1 cm³/mol. The molecule has 0 aromatic carbocycles. The van der Waals surface area contributed by atoms with Gasteiger partial charge in [-0.2, -0.15) is 21.0 Å². The average Bonchev–Trinajstić information content (AvgIpc) is 1.92. The topological polar surface area (TPSA) is 95.2 Å². The molecule has 0 aliphatic rings. The Morgan fingerprint density at radius 3 is 0.538 bits per heavy atom. The minimum Gasteiger partial charge on any atom is -0.199 e. The fourth-order valence-electron chi connectivity index (χ4n) is 0. The van der Waals surface area contributed by atoms with Crippen molar-refractivity contribution in [2.45, 2.75) is 27.7 Å². The molecule has 68 valence electrons. The van der Waals surface area contributed by atoms with Crippen molar-refractivity contribution in [1.29, 1.82) is 21.0 Å². The van der Waals surface area contributed by atoms with Gasteiger partial charge in [-0.05, 0) is 0 Å². The molecular weight excluding hydrogens is 243 g/mol. The van der Waals surface area contributed by atoms with Gasteiger partial charge in [0.2, 0.25) is 0 Å². The smallest absolute Gasteiger partial charge is 0.0587 e. The summed E-state index contributed by atoms with van der Waals surface area (Å²) in [4.78, 5) is 0. The molecule has 0 saturated carbocycles. The minimum absolute atomic E-state index is 0. The second kappa shape index (κ2) is 130. The van der Waals surface area contributed by atoms with E-state index in [-0.39, 0.29) is 26.2 Å². The Morgan fingerprint density at radius 2 is 0.538 bits per heavy atom.